The van der Waals surface area contributed by atoms with Crippen LogP contribution in [0, 0.1) is 5.92 Å². The summed E-state index contributed by atoms with van der Waals surface area (Å²) in [5, 5.41) is 8.73. The number of carboxylic acid groups (broad SMARTS) is 1. The number of hydrogen-bond acceptors (Lipinski definition) is 5. The lowest BCUT2D eigenvalue weighted by atomic mass is 10.1. The van der Waals surface area contributed by atoms with Gasteiger partial charge in [0.1, 0.15) is 5.92 Å². The maximum atomic E-state index is 12.0. The Bertz CT molecular complexity index is 409. The van der Waals surface area contributed by atoms with Gasteiger partial charge in [0, 0.05) is 0 Å². The molecule has 114 valence electrons. The van der Waals surface area contributed by atoms with Gasteiger partial charge in [0.05, 0.1) is 18.8 Å². The number of rotatable bonds is 6. The summed E-state index contributed by atoms with van der Waals surface area (Å²) in [5.41, 5.74) is -6.29. The molecule has 6 nitrogen and oxygen atoms in total. The zero-order valence-electron chi connectivity index (χ0n) is 10.5. The largest absolute Gasteiger partial charge is 0.523 e. The van der Waals surface area contributed by atoms with Crippen LogP contribution in [0.4, 0.5) is 13.2 Å². The molecule has 0 bridgehead atoms. The summed E-state index contributed by atoms with van der Waals surface area (Å²) in [7, 11) is -5.80. The van der Waals surface area contributed by atoms with Crippen molar-refractivity contribution in [1.29, 1.82) is 0 Å². The Morgan fingerprint density at radius 1 is 1.21 bits per heavy atom. The minimum absolute atomic E-state index is 0.466. The van der Waals surface area contributed by atoms with E-state index in [4.69, 9.17) is 9.84 Å². The predicted octanol–water partition coefficient (Wildman–Crippen LogP) is 1.37. The van der Waals surface area contributed by atoms with Crippen molar-refractivity contribution in [3.63, 3.8) is 0 Å². The van der Waals surface area contributed by atoms with Gasteiger partial charge in [-0.05, 0) is 20.8 Å². The molecule has 0 amide bonds. The van der Waals surface area contributed by atoms with Crippen LogP contribution >= 0.6 is 0 Å². The average Bonchev–Trinajstić information content (AvgIpc) is 2.12. The minimum Gasteiger partial charge on any atom is -0.481 e. The van der Waals surface area contributed by atoms with E-state index in [1.54, 1.807) is 20.8 Å². The quantitative estimate of drug-likeness (QED) is 0.589. The van der Waals surface area contributed by atoms with E-state index in [0.717, 1.165) is 0 Å². The Balaban J connectivity index is 4.60. The van der Waals surface area contributed by atoms with Crippen LogP contribution in [0.1, 0.15) is 20.8 Å². The van der Waals surface area contributed by atoms with E-state index in [9.17, 15) is 26.4 Å². The first-order valence-electron chi connectivity index (χ1n) is 5.09. The summed E-state index contributed by atoms with van der Waals surface area (Å²) >= 11 is 0. The molecule has 0 rings (SSSR count). The normalized spacial score (nSPS) is 15.3. The van der Waals surface area contributed by atoms with E-state index in [2.05, 4.69) is 4.18 Å². The molecule has 1 atom stereocenters. The third-order valence-electron chi connectivity index (χ3n) is 1.77. The lowest BCUT2D eigenvalue weighted by Crippen LogP contribution is -2.33. The van der Waals surface area contributed by atoms with Crippen LogP contribution < -0.4 is 0 Å². The van der Waals surface area contributed by atoms with Crippen LogP contribution in [-0.2, 0) is 23.8 Å². The number of aliphatic carboxylic acids is 1. The van der Waals surface area contributed by atoms with Gasteiger partial charge in [-0.1, -0.05) is 0 Å². The molecule has 0 aliphatic carbocycles. The summed E-state index contributed by atoms with van der Waals surface area (Å²) in [5.74, 6) is -3.03. The summed E-state index contributed by atoms with van der Waals surface area (Å²) in [4.78, 5) is 10.7. The Hall–Kier alpha value is -0.870. The average molecular weight is 308 g/mol. The van der Waals surface area contributed by atoms with Crippen LogP contribution in [0.3, 0.4) is 0 Å². The summed E-state index contributed by atoms with van der Waals surface area (Å²) < 4.78 is 65.8. The summed E-state index contributed by atoms with van der Waals surface area (Å²) in [6.45, 7) is 3.22. The Labute approximate surface area is 108 Å². The fraction of sp³-hybridized carbons (Fsp3) is 0.889. The lowest BCUT2D eigenvalue weighted by molar-refractivity contribution is -0.147. The third kappa shape index (κ3) is 6.73. The number of hydrogen-bond donors (Lipinski definition) is 1. The summed E-state index contributed by atoms with van der Waals surface area (Å²) in [6, 6.07) is 0. The first kappa shape index (κ1) is 18.1. The van der Waals surface area contributed by atoms with Crippen molar-refractivity contribution in [3.05, 3.63) is 0 Å². The molecule has 1 N–H and O–H groups in total. The van der Waals surface area contributed by atoms with E-state index in [-0.39, 0.29) is 0 Å². The molecular formula is C9H15F3O6S. The number of ether oxygens (including phenoxy) is 1. The number of carbonyl (C=O) groups is 1. The van der Waals surface area contributed by atoms with Crippen molar-refractivity contribution in [3.8, 4) is 0 Å². The standard InChI is InChI=1S/C9H15F3O6S/c1-8(2,3)17-4-6(7(13)14)5-18-19(15,16)9(10,11)12/h6H,4-5H2,1-3H3,(H,13,14)/t6-/m0/s1. The molecule has 0 unspecified atom stereocenters. The van der Waals surface area contributed by atoms with E-state index in [1.807, 2.05) is 0 Å². The highest BCUT2D eigenvalue weighted by atomic mass is 32.2. The second kappa shape index (κ2) is 6.06. The molecule has 0 aliphatic heterocycles. The maximum Gasteiger partial charge on any atom is 0.523 e. The second-order valence-electron chi connectivity index (χ2n) is 4.64. The number of alkyl halides is 3. The van der Waals surface area contributed by atoms with Crippen molar-refractivity contribution in [2.45, 2.75) is 31.9 Å². The van der Waals surface area contributed by atoms with Gasteiger partial charge in [-0.25, -0.2) is 0 Å². The molecule has 0 radical (unpaired) electrons. The molecule has 0 aromatic heterocycles. The van der Waals surface area contributed by atoms with Crippen molar-refractivity contribution in [2.24, 2.45) is 5.92 Å². The van der Waals surface area contributed by atoms with Gasteiger partial charge in [0.25, 0.3) is 0 Å². The fourth-order valence-corrected chi connectivity index (χ4v) is 1.26. The minimum atomic E-state index is -5.80. The molecule has 0 saturated heterocycles. The van der Waals surface area contributed by atoms with E-state index in [0.29, 0.717) is 0 Å². The van der Waals surface area contributed by atoms with E-state index in [1.165, 1.54) is 0 Å². The number of carboxylic acids is 1. The topological polar surface area (TPSA) is 89.9 Å². The fourth-order valence-electron chi connectivity index (χ4n) is 0.780. The highest BCUT2D eigenvalue weighted by molar-refractivity contribution is 7.87. The number of halogens is 3. The maximum absolute atomic E-state index is 12.0. The molecule has 0 fully saturated rings. The van der Waals surface area contributed by atoms with Crippen LogP contribution in [0.5, 0.6) is 0 Å². The molecule has 0 heterocycles. The van der Waals surface area contributed by atoms with Crippen molar-refractivity contribution >= 4 is 16.1 Å². The first-order chi connectivity index (χ1) is 8.26. The molecule has 0 spiro atoms. The van der Waals surface area contributed by atoms with Gasteiger partial charge in [0.2, 0.25) is 0 Å². The zero-order valence-corrected chi connectivity index (χ0v) is 11.3. The van der Waals surface area contributed by atoms with Crippen LogP contribution in [0.15, 0.2) is 0 Å². The van der Waals surface area contributed by atoms with Crippen LogP contribution in [0.25, 0.3) is 0 Å². The second-order valence-corrected chi connectivity index (χ2v) is 6.25. The van der Waals surface area contributed by atoms with Gasteiger partial charge in [-0.2, -0.15) is 21.6 Å². The Morgan fingerprint density at radius 3 is 2.00 bits per heavy atom. The van der Waals surface area contributed by atoms with Gasteiger partial charge >= 0.3 is 21.6 Å². The highest BCUT2D eigenvalue weighted by Crippen LogP contribution is 2.25. The zero-order chi connectivity index (χ0) is 15.5. The molecule has 0 aromatic rings. The molecule has 0 aliphatic rings. The lowest BCUT2D eigenvalue weighted by Gasteiger charge is -2.22. The SMILES string of the molecule is CC(C)(C)OC[C@@H](COS(=O)(=O)C(F)(F)F)C(=O)O. The molecule has 0 aromatic carbocycles. The van der Waals surface area contributed by atoms with Crippen molar-refractivity contribution < 1.29 is 40.4 Å². The Morgan fingerprint density at radius 2 is 1.68 bits per heavy atom. The van der Waals surface area contributed by atoms with Gasteiger partial charge in [-0.3, -0.25) is 8.98 Å². The molecule has 0 saturated carbocycles. The van der Waals surface area contributed by atoms with E-state index < -0.39 is 46.3 Å². The monoisotopic (exact) mass is 308 g/mol. The molecule has 10 heteroatoms. The van der Waals surface area contributed by atoms with Crippen LogP contribution in [0.2, 0.25) is 0 Å². The molecular weight excluding hydrogens is 293 g/mol. The third-order valence-corrected chi connectivity index (χ3v) is 2.79. The summed E-state index contributed by atoms with van der Waals surface area (Å²) in [6.07, 6.45) is 0. The first-order valence-corrected chi connectivity index (χ1v) is 6.49. The van der Waals surface area contributed by atoms with Gasteiger partial charge in [0.15, 0.2) is 0 Å². The van der Waals surface area contributed by atoms with Crippen LogP contribution in [-0.4, -0.2) is 43.8 Å². The van der Waals surface area contributed by atoms with E-state index >= 15 is 0 Å². The molecule has 19 heavy (non-hydrogen) atoms. The Kier molecular flexibility index (Phi) is 5.78. The predicted molar refractivity (Wildman–Crippen MR) is 57.8 cm³/mol. The van der Waals surface area contributed by atoms with Crippen molar-refractivity contribution in [2.75, 3.05) is 13.2 Å². The highest BCUT2D eigenvalue weighted by Gasteiger charge is 2.47. The van der Waals surface area contributed by atoms with Gasteiger partial charge < -0.3 is 9.84 Å². The van der Waals surface area contributed by atoms with Gasteiger partial charge in [-0.15, -0.1) is 0 Å². The van der Waals surface area contributed by atoms with Crippen molar-refractivity contribution in [1.82, 2.24) is 0 Å². The smallest absolute Gasteiger partial charge is 0.481 e.